The molecule has 2 atom stereocenters. The lowest BCUT2D eigenvalue weighted by Gasteiger charge is -2.37. The molecule has 1 aromatic rings. The van der Waals surface area contributed by atoms with Crippen molar-refractivity contribution in [2.45, 2.75) is 39.2 Å². The van der Waals surface area contributed by atoms with Gasteiger partial charge in [-0.1, -0.05) is 13.3 Å². The predicted octanol–water partition coefficient (Wildman–Crippen LogP) is 1.87. The summed E-state index contributed by atoms with van der Waals surface area (Å²) in [6.07, 6.45) is 2.63. The van der Waals surface area contributed by atoms with E-state index in [1.54, 1.807) is 18.1 Å². The number of aryl methyl sites for hydroxylation is 1. The summed E-state index contributed by atoms with van der Waals surface area (Å²) >= 11 is 0. The van der Waals surface area contributed by atoms with Crippen molar-refractivity contribution < 1.29 is 14.6 Å². The van der Waals surface area contributed by atoms with E-state index in [0.717, 1.165) is 18.5 Å². The van der Waals surface area contributed by atoms with Crippen LogP contribution in [0, 0.1) is 12.8 Å². The van der Waals surface area contributed by atoms with E-state index >= 15 is 0 Å². The Morgan fingerprint density at radius 3 is 2.90 bits per heavy atom. The maximum Gasteiger partial charge on any atom is 0.326 e. The lowest BCUT2D eigenvalue weighted by Crippen LogP contribution is -2.48. The number of aliphatic carboxylic acids is 1. The van der Waals surface area contributed by atoms with Gasteiger partial charge < -0.3 is 14.7 Å². The highest BCUT2D eigenvalue weighted by Crippen LogP contribution is 2.29. The van der Waals surface area contributed by atoms with Crippen LogP contribution in [0.25, 0.3) is 0 Å². The van der Waals surface area contributed by atoms with Crippen molar-refractivity contribution in [2.24, 2.45) is 5.92 Å². The van der Waals surface area contributed by atoms with Gasteiger partial charge in [0.2, 0.25) is 11.8 Å². The summed E-state index contributed by atoms with van der Waals surface area (Å²) in [5, 5.41) is 9.45. The Kier molecular flexibility index (Phi) is 4.42. The third kappa shape index (κ3) is 3.00. The lowest BCUT2D eigenvalue weighted by molar-refractivity contribution is -0.139. The SMILES string of the molecule is CCC1CCN(c2nc(C)cc(OC)n2)C(C(=O)O)C1. The number of methoxy groups -OCH3 is 1. The third-order valence-corrected chi connectivity index (χ3v) is 3.86. The number of nitrogens with zero attached hydrogens (tertiary/aromatic N) is 3. The Morgan fingerprint density at radius 1 is 1.55 bits per heavy atom. The lowest BCUT2D eigenvalue weighted by atomic mass is 9.89. The van der Waals surface area contributed by atoms with Crippen molar-refractivity contribution in [3.63, 3.8) is 0 Å². The average molecular weight is 279 g/mol. The molecule has 1 saturated heterocycles. The predicted molar refractivity (Wildman–Crippen MR) is 75.1 cm³/mol. The Hall–Kier alpha value is -1.85. The van der Waals surface area contributed by atoms with Crippen LogP contribution in [0.5, 0.6) is 5.88 Å². The molecule has 2 heterocycles. The Balaban J connectivity index is 2.30. The summed E-state index contributed by atoms with van der Waals surface area (Å²) in [6.45, 7) is 4.62. The molecule has 2 rings (SSSR count). The molecule has 1 aliphatic rings. The fourth-order valence-corrected chi connectivity index (χ4v) is 2.64. The molecule has 0 spiro atoms. The fourth-order valence-electron chi connectivity index (χ4n) is 2.64. The molecule has 6 heteroatoms. The molecular formula is C14H21N3O3. The summed E-state index contributed by atoms with van der Waals surface area (Å²) < 4.78 is 5.14. The molecule has 20 heavy (non-hydrogen) atoms. The number of carbonyl (C=O) groups is 1. The van der Waals surface area contributed by atoms with Crippen LogP contribution in [0.3, 0.4) is 0 Å². The van der Waals surface area contributed by atoms with Gasteiger partial charge in [0, 0.05) is 18.3 Å². The second-order valence-electron chi connectivity index (χ2n) is 5.20. The van der Waals surface area contributed by atoms with Crippen LogP contribution in [0.2, 0.25) is 0 Å². The molecule has 0 radical (unpaired) electrons. The van der Waals surface area contributed by atoms with Crippen LogP contribution in [-0.2, 0) is 4.79 Å². The summed E-state index contributed by atoms with van der Waals surface area (Å²) in [4.78, 5) is 21.9. The van der Waals surface area contributed by atoms with Crippen molar-refractivity contribution in [1.82, 2.24) is 9.97 Å². The summed E-state index contributed by atoms with van der Waals surface area (Å²) in [6, 6.07) is 1.18. The van der Waals surface area contributed by atoms with Crippen LogP contribution in [0.15, 0.2) is 6.07 Å². The second kappa shape index (κ2) is 6.07. The number of anilines is 1. The molecule has 0 saturated carbocycles. The minimum atomic E-state index is -0.813. The number of aromatic nitrogens is 2. The molecule has 6 nitrogen and oxygen atoms in total. The van der Waals surface area contributed by atoms with E-state index in [-0.39, 0.29) is 0 Å². The number of hydrogen-bond acceptors (Lipinski definition) is 5. The monoisotopic (exact) mass is 279 g/mol. The minimum absolute atomic E-state index is 0.448. The van der Waals surface area contributed by atoms with Crippen molar-refractivity contribution in [3.05, 3.63) is 11.8 Å². The van der Waals surface area contributed by atoms with Gasteiger partial charge in [0.15, 0.2) is 0 Å². The third-order valence-electron chi connectivity index (χ3n) is 3.86. The highest BCUT2D eigenvalue weighted by Gasteiger charge is 2.34. The van der Waals surface area contributed by atoms with Gasteiger partial charge in [-0.25, -0.2) is 9.78 Å². The topological polar surface area (TPSA) is 75.5 Å². The van der Waals surface area contributed by atoms with Gasteiger partial charge in [-0.2, -0.15) is 4.98 Å². The van der Waals surface area contributed by atoms with Gasteiger partial charge in [-0.05, 0) is 25.7 Å². The van der Waals surface area contributed by atoms with Gasteiger partial charge in [-0.3, -0.25) is 0 Å². The molecule has 1 aliphatic heterocycles. The fraction of sp³-hybridized carbons (Fsp3) is 0.643. The van der Waals surface area contributed by atoms with Crippen molar-refractivity contribution in [3.8, 4) is 5.88 Å². The molecule has 1 fully saturated rings. The Bertz CT molecular complexity index is 493. The number of carboxylic acid groups (broad SMARTS) is 1. The molecule has 0 amide bonds. The quantitative estimate of drug-likeness (QED) is 0.907. The molecular weight excluding hydrogens is 258 g/mol. The summed E-state index contributed by atoms with van der Waals surface area (Å²) in [7, 11) is 1.55. The van der Waals surface area contributed by atoms with Crippen LogP contribution in [0.1, 0.15) is 31.9 Å². The zero-order valence-corrected chi connectivity index (χ0v) is 12.2. The summed E-state index contributed by atoms with van der Waals surface area (Å²) in [5.74, 6) is 0.560. The van der Waals surface area contributed by atoms with Gasteiger partial charge in [0.1, 0.15) is 6.04 Å². The van der Waals surface area contributed by atoms with Crippen molar-refractivity contribution in [1.29, 1.82) is 0 Å². The van der Waals surface area contributed by atoms with Crippen LogP contribution >= 0.6 is 0 Å². The first-order chi connectivity index (χ1) is 9.55. The first-order valence-electron chi connectivity index (χ1n) is 6.94. The number of piperidine rings is 1. The Morgan fingerprint density at radius 2 is 2.30 bits per heavy atom. The van der Waals surface area contributed by atoms with Crippen LogP contribution in [0.4, 0.5) is 5.95 Å². The van der Waals surface area contributed by atoms with Gasteiger partial charge >= 0.3 is 5.97 Å². The first kappa shape index (κ1) is 14.6. The number of carboxylic acids is 1. The van der Waals surface area contributed by atoms with E-state index in [4.69, 9.17) is 4.74 Å². The molecule has 0 bridgehead atoms. The molecule has 1 aromatic heterocycles. The zero-order valence-electron chi connectivity index (χ0n) is 12.2. The molecule has 2 unspecified atom stereocenters. The van der Waals surface area contributed by atoms with Gasteiger partial charge in [0.25, 0.3) is 0 Å². The van der Waals surface area contributed by atoms with Gasteiger partial charge in [0.05, 0.1) is 7.11 Å². The molecule has 0 aromatic carbocycles. The first-order valence-corrected chi connectivity index (χ1v) is 6.94. The van der Waals surface area contributed by atoms with E-state index in [2.05, 4.69) is 16.9 Å². The smallest absolute Gasteiger partial charge is 0.326 e. The normalized spacial score (nSPS) is 22.6. The minimum Gasteiger partial charge on any atom is -0.481 e. The maximum absolute atomic E-state index is 11.5. The standard InChI is InChI=1S/C14H21N3O3/c1-4-10-5-6-17(11(8-10)13(18)19)14-15-9(2)7-12(16-14)20-3/h7,10-11H,4-6,8H2,1-3H3,(H,18,19). The molecule has 0 aliphatic carbocycles. The number of rotatable bonds is 4. The maximum atomic E-state index is 11.5. The van der Waals surface area contributed by atoms with E-state index in [1.807, 2.05) is 6.92 Å². The van der Waals surface area contributed by atoms with E-state index < -0.39 is 12.0 Å². The molecule has 110 valence electrons. The Labute approximate surface area is 118 Å². The summed E-state index contributed by atoms with van der Waals surface area (Å²) in [5.41, 5.74) is 0.772. The van der Waals surface area contributed by atoms with E-state index in [9.17, 15) is 9.90 Å². The number of ether oxygens (including phenoxy) is 1. The van der Waals surface area contributed by atoms with Crippen molar-refractivity contribution >= 4 is 11.9 Å². The van der Waals surface area contributed by atoms with Crippen molar-refractivity contribution in [2.75, 3.05) is 18.6 Å². The largest absolute Gasteiger partial charge is 0.481 e. The second-order valence-corrected chi connectivity index (χ2v) is 5.20. The molecule has 1 N–H and O–H groups in total. The van der Waals surface area contributed by atoms with E-state index in [0.29, 0.717) is 30.7 Å². The highest BCUT2D eigenvalue weighted by molar-refractivity contribution is 5.77. The highest BCUT2D eigenvalue weighted by atomic mass is 16.5. The van der Waals surface area contributed by atoms with Crippen LogP contribution < -0.4 is 9.64 Å². The van der Waals surface area contributed by atoms with E-state index in [1.165, 1.54) is 0 Å². The number of hydrogen-bond donors (Lipinski definition) is 1. The van der Waals surface area contributed by atoms with Crippen LogP contribution in [-0.4, -0.2) is 40.7 Å². The zero-order chi connectivity index (χ0) is 14.7. The average Bonchev–Trinajstić information content (AvgIpc) is 2.45. The van der Waals surface area contributed by atoms with Gasteiger partial charge in [-0.15, -0.1) is 0 Å².